The van der Waals surface area contributed by atoms with E-state index in [0.29, 0.717) is 43.1 Å². The number of amides is 1. The van der Waals surface area contributed by atoms with Crippen LogP contribution in [-0.2, 0) is 9.53 Å². The first-order valence-corrected chi connectivity index (χ1v) is 14.3. The number of fused-ring (bicyclic) bond motifs is 1. The lowest BCUT2D eigenvalue weighted by Gasteiger charge is -2.35. The molecule has 0 saturated carbocycles. The lowest BCUT2D eigenvalue weighted by atomic mass is 9.85. The number of piperidine rings is 2. The molecule has 224 valence electrons. The fourth-order valence-corrected chi connectivity index (χ4v) is 5.99. The van der Waals surface area contributed by atoms with E-state index in [4.69, 9.17) is 25.5 Å². The fraction of sp³-hybridized carbons (Fsp3) is 0.433. The number of carbonyl (C=O) groups excluding carboxylic acids is 2. The number of carbonyl (C=O) groups is 2. The second kappa shape index (κ2) is 12.7. The number of nitrogens with one attached hydrogen (secondary N) is 1. The quantitative estimate of drug-likeness (QED) is 0.361. The van der Waals surface area contributed by atoms with Crippen molar-refractivity contribution in [3.8, 4) is 22.8 Å². The van der Waals surface area contributed by atoms with E-state index in [2.05, 4.69) is 5.32 Å². The molecule has 1 aromatic heterocycles. The van der Waals surface area contributed by atoms with Crippen LogP contribution in [0.25, 0.3) is 22.3 Å². The van der Waals surface area contributed by atoms with Crippen LogP contribution in [0.2, 0.25) is 5.02 Å². The van der Waals surface area contributed by atoms with E-state index in [9.17, 15) is 24.6 Å². The number of esters is 1. The minimum atomic E-state index is -0.892. The third-order valence-corrected chi connectivity index (χ3v) is 8.28. The van der Waals surface area contributed by atoms with Gasteiger partial charge >= 0.3 is 12.1 Å². The number of rotatable bonds is 6. The van der Waals surface area contributed by atoms with E-state index in [-0.39, 0.29) is 40.6 Å². The van der Waals surface area contributed by atoms with Crippen molar-refractivity contribution in [3.05, 3.63) is 57.2 Å². The first-order chi connectivity index (χ1) is 20.2. The highest BCUT2D eigenvalue weighted by molar-refractivity contribution is 6.33. The normalized spacial score (nSPS) is 21.2. The highest BCUT2D eigenvalue weighted by atomic mass is 35.5. The van der Waals surface area contributed by atoms with Crippen molar-refractivity contribution in [1.82, 2.24) is 15.1 Å². The summed E-state index contributed by atoms with van der Waals surface area (Å²) in [5.74, 6) is -1.57. The first-order valence-electron chi connectivity index (χ1n) is 13.9. The molecular formula is C30H34ClN3O8. The van der Waals surface area contributed by atoms with E-state index < -0.39 is 35.3 Å². The fourth-order valence-electron chi connectivity index (χ4n) is 5.77. The van der Waals surface area contributed by atoms with Gasteiger partial charge in [-0.2, -0.15) is 0 Å². The number of likely N-dealkylation sites (tertiary alicyclic amines) is 1. The van der Waals surface area contributed by atoms with Crippen LogP contribution >= 0.6 is 11.6 Å². The topological polar surface area (TPSA) is 142 Å². The van der Waals surface area contributed by atoms with Crippen molar-refractivity contribution >= 4 is 34.6 Å². The Morgan fingerprint density at radius 1 is 1.24 bits per heavy atom. The SMILES string of the molecule is COC(=O)CN(C(=O)Oc1cc(O)c2c(=O)cc(-c3ccccc3Cl)oc2c1[C@H]1CCN(C)C[C@H]1O)C1CCCNC1. The Morgan fingerprint density at radius 3 is 2.71 bits per heavy atom. The summed E-state index contributed by atoms with van der Waals surface area (Å²) in [6.07, 6.45) is 0.187. The summed E-state index contributed by atoms with van der Waals surface area (Å²) in [5, 5.41) is 25.7. The molecule has 0 spiro atoms. The van der Waals surface area contributed by atoms with E-state index >= 15 is 0 Å². The summed E-state index contributed by atoms with van der Waals surface area (Å²) in [6.45, 7) is 1.87. The van der Waals surface area contributed by atoms with Crippen LogP contribution in [0.4, 0.5) is 4.79 Å². The molecule has 0 aliphatic carbocycles. The molecule has 1 amide bonds. The summed E-state index contributed by atoms with van der Waals surface area (Å²) in [7, 11) is 3.12. The zero-order chi connectivity index (χ0) is 30.0. The number of benzene rings is 2. The van der Waals surface area contributed by atoms with Gasteiger partial charge in [-0.3, -0.25) is 14.5 Å². The molecule has 3 heterocycles. The van der Waals surface area contributed by atoms with Crippen LogP contribution < -0.4 is 15.5 Å². The zero-order valence-corrected chi connectivity index (χ0v) is 24.2. The van der Waals surface area contributed by atoms with Crippen LogP contribution in [0, 0.1) is 0 Å². The third kappa shape index (κ3) is 6.10. The van der Waals surface area contributed by atoms with E-state index in [1.165, 1.54) is 24.1 Å². The van der Waals surface area contributed by atoms with Gasteiger partial charge in [0.15, 0.2) is 5.43 Å². The molecule has 3 aromatic rings. The van der Waals surface area contributed by atoms with E-state index in [1.807, 2.05) is 11.9 Å². The lowest BCUT2D eigenvalue weighted by Crippen LogP contribution is -2.51. The molecule has 2 aromatic carbocycles. The molecule has 11 nitrogen and oxygen atoms in total. The van der Waals surface area contributed by atoms with Gasteiger partial charge < -0.3 is 34.3 Å². The number of likely N-dealkylation sites (N-methyl/N-ethyl adjacent to an activating group) is 1. The maximum Gasteiger partial charge on any atom is 0.416 e. The number of β-amino-alcohol motifs (C(OH)–C–C–N with tert-alkyl or cyclic N) is 1. The molecule has 0 radical (unpaired) electrons. The minimum Gasteiger partial charge on any atom is -0.507 e. The van der Waals surface area contributed by atoms with Crippen molar-refractivity contribution < 1.29 is 33.7 Å². The number of aromatic hydroxyl groups is 1. The Morgan fingerprint density at radius 2 is 2.02 bits per heavy atom. The van der Waals surface area contributed by atoms with Gasteiger partial charge in [-0.15, -0.1) is 0 Å². The molecule has 2 aliphatic heterocycles. The third-order valence-electron chi connectivity index (χ3n) is 7.95. The number of ether oxygens (including phenoxy) is 2. The van der Waals surface area contributed by atoms with Gasteiger partial charge in [0.25, 0.3) is 0 Å². The van der Waals surface area contributed by atoms with Gasteiger partial charge in [-0.05, 0) is 51.5 Å². The van der Waals surface area contributed by atoms with Crippen molar-refractivity contribution in [2.45, 2.75) is 37.3 Å². The molecule has 42 heavy (non-hydrogen) atoms. The first kappa shape index (κ1) is 29.8. The molecule has 0 bridgehead atoms. The van der Waals surface area contributed by atoms with Crippen molar-refractivity contribution in [3.63, 3.8) is 0 Å². The summed E-state index contributed by atoms with van der Waals surface area (Å²) in [6, 6.07) is 8.97. The predicted molar refractivity (Wildman–Crippen MR) is 156 cm³/mol. The lowest BCUT2D eigenvalue weighted by molar-refractivity contribution is -0.142. The molecular weight excluding hydrogens is 566 g/mol. The van der Waals surface area contributed by atoms with Crippen LogP contribution in [-0.4, -0.2) is 91.1 Å². The predicted octanol–water partition coefficient (Wildman–Crippen LogP) is 3.32. The Kier molecular flexibility index (Phi) is 9.02. The number of hydrogen-bond donors (Lipinski definition) is 3. The molecule has 2 fully saturated rings. The molecule has 12 heteroatoms. The average molecular weight is 600 g/mol. The smallest absolute Gasteiger partial charge is 0.416 e. The van der Waals surface area contributed by atoms with Crippen LogP contribution in [0.1, 0.15) is 30.7 Å². The number of nitrogens with zero attached hydrogens (tertiary/aromatic N) is 2. The van der Waals surface area contributed by atoms with Gasteiger partial charge in [-0.1, -0.05) is 23.7 Å². The number of halogens is 1. The number of methoxy groups -OCH3 is 1. The Hall–Kier alpha value is -3.64. The number of phenolic OH excluding ortho intramolecular Hbond substituents is 1. The molecule has 2 saturated heterocycles. The molecule has 5 rings (SSSR count). The zero-order valence-electron chi connectivity index (χ0n) is 23.5. The van der Waals surface area contributed by atoms with Gasteiger partial charge in [0, 0.05) is 48.3 Å². The maximum atomic E-state index is 13.7. The number of aliphatic hydroxyl groups excluding tert-OH is 1. The Labute approximate surface area is 247 Å². The molecule has 1 unspecified atom stereocenters. The van der Waals surface area contributed by atoms with Crippen LogP contribution in [0.5, 0.6) is 11.5 Å². The summed E-state index contributed by atoms with van der Waals surface area (Å²) in [5.41, 5.74) is 0.213. The number of phenols is 1. The molecule has 2 aliphatic rings. The van der Waals surface area contributed by atoms with E-state index in [1.54, 1.807) is 24.3 Å². The Balaban J connectivity index is 1.66. The standard InChI is InChI=1S/C30H34ClN3O8/c1-33-11-9-19(23(37)15-33)27-25(42-30(39)34(16-26(38)40-2)17-6-5-10-32-14-17)13-22(36)28-21(35)12-24(41-29(27)28)18-7-3-4-8-20(18)31/h3-4,7-8,12-13,17,19,23,32,36-37H,5-6,9-11,14-16H2,1-2H3/t17?,19-,23+/m0/s1. The maximum absolute atomic E-state index is 13.7. The van der Waals surface area contributed by atoms with E-state index in [0.717, 1.165) is 13.0 Å². The van der Waals surface area contributed by atoms with Crippen molar-refractivity contribution in [1.29, 1.82) is 0 Å². The highest BCUT2D eigenvalue weighted by Crippen LogP contribution is 2.44. The van der Waals surface area contributed by atoms with Gasteiger partial charge in [0.05, 0.1) is 18.2 Å². The second-order valence-corrected chi connectivity index (χ2v) is 11.2. The van der Waals surface area contributed by atoms with Crippen molar-refractivity contribution in [2.75, 3.05) is 46.9 Å². The monoisotopic (exact) mass is 599 g/mol. The molecule has 3 atom stereocenters. The number of hydrogen-bond acceptors (Lipinski definition) is 10. The van der Waals surface area contributed by atoms with Crippen LogP contribution in [0.3, 0.4) is 0 Å². The van der Waals surface area contributed by atoms with Gasteiger partial charge in [0.2, 0.25) is 0 Å². The summed E-state index contributed by atoms with van der Waals surface area (Å²) in [4.78, 5) is 42.6. The highest BCUT2D eigenvalue weighted by Gasteiger charge is 2.36. The number of aliphatic hydroxyl groups is 1. The Bertz CT molecular complexity index is 1540. The minimum absolute atomic E-state index is 0.00678. The second-order valence-electron chi connectivity index (χ2n) is 10.8. The van der Waals surface area contributed by atoms with Crippen LogP contribution in [0.15, 0.2) is 45.6 Å². The summed E-state index contributed by atoms with van der Waals surface area (Å²) < 4.78 is 17.0. The largest absolute Gasteiger partial charge is 0.507 e. The average Bonchev–Trinajstić information content (AvgIpc) is 2.97. The van der Waals surface area contributed by atoms with Gasteiger partial charge in [0.1, 0.15) is 34.8 Å². The summed E-state index contributed by atoms with van der Waals surface area (Å²) >= 11 is 6.41. The van der Waals surface area contributed by atoms with Gasteiger partial charge in [-0.25, -0.2) is 4.79 Å². The van der Waals surface area contributed by atoms with Crippen molar-refractivity contribution in [2.24, 2.45) is 0 Å². The molecule has 3 N–H and O–H groups in total.